The molecular weight excluding hydrogens is 1930 g/mol. The van der Waals surface area contributed by atoms with E-state index in [1.165, 1.54) is 0 Å². The lowest BCUT2D eigenvalue weighted by atomic mass is 9.63. The van der Waals surface area contributed by atoms with Gasteiger partial charge in [-0.1, -0.05) is 36.4 Å². The monoisotopic (exact) mass is 1940 g/mol. The van der Waals surface area contributed by atoms with Crippen LogP contribution in [0.5, 0.6) is 0 Å². The summed E-state index contributed by atoms with van der Waals surface area (Å²) in [6.07, 6.45) is 0.505. The highest BCUT2D eigenvalue weighted by molar-refractivity contribution is 6.37. The summed E-state index contributed by atoms with van der Waals surface area (Å²) in [6.45, 7) is 0. The lowest BCUT2D eigenvalue weighted by molar-refractivity contribution is 0.0793. The molecule has 0 radical (unpaired) electrons. The van der Waals surface area contributed by atoms with Crippen molar-refractivity contribution >= 4 is 40.0 Å². The lowest BCUT2D eigenvalue weighted by Gasteiger charge is -2.38. The average Bonchev–Trinajstić information content (AvgIpc) is 0.869. The van der Waals surface area contributed by atoms with Crippen LogP contribution < -0.4 is 14.3 Å². The Morgan fingerprint density at radius 3 is 0.383 bits per heavy atom. The molecule has 3 heterocycles. The Kier molecular flexibility index (Phi) is 22.6. The molecule has 0 saturated carbocycles. The van der Waals surface area contributed by atoms with Gasteiger partial charge in [0.25, 0.3) is 0 Å². The molecule has 15 aromatic rings. The molecule has 52 heteroatoms. The third kappa shape index (κ3) is 12.7. The number of hydrogen-bond donors (Lipinski definition) is 0. The standard InChI is InChI=1S/C81H15BF45N3O3/c83-34-25(35(84)53(102)70(119)52(34)101)79(26-36(85)54(103)71(120)55(104)37(26)86,27-38(87)56(105)72(121)57(106)39(27)88)19-4-1-16-7-10-128(22(16)13-19)131-82(132-129-11-8-17-2-5-20(14-23(17)129)80(28-40(89)58(107)73(122)59(108)41(28)90,29-42(91)60(109)74(123)61(110)43(29)92)30-44(93)62(111)75(124)63(112)45(30)94)133-130-12-9-18-3-6-21(15-24(18)130)81(31-46(95)64(113)76(125)65(114)47(31)96,32-48(97)66(115)77(126)67(116)49(32)98)33-50(99)68(117)78(127)69(118)51(33)100/h1-15H. The Labute approximate surface area is 700 Å². The predicted octanol–water partition coefficient (Wildman–Crippen LogP) is 23.6. The van der Waals surface area contributed by atoms with Crippen LogP contribution in [0.25, 0.3) is 32.7 Å². The van der Waals surface area contributed by atoms with Crippen LogP contribution in [-0.4, -0.2) is 21.5 Å². The van der Waals surface area contributed by atoms with E-state index in [4.69, 9.17) is 14.3 Å². The van der Waals surface area contributed by atoms with Crippen molar-refractivity contribution in [3.63, 3.8) is 0 Å². The molecular formula is C81H15BF45N3O3. The average molecular weight is 1940 g/mol. The maximum atomic E-state index is 17.1. The Balaban J connectivity index is 1.07. The van der Waals surface area contributed by atoms with Gasteiger partial charge in [-0.05, 0) is 53.1 Å². The fourth-order valence-electron chi connectivity index (χ4n) is 15.5. The van der Waals surface area contributed by atoms with E-state index >= 15 is 198 Å². The van der Waals surface area contributed by atoms with Crippen molar-refractivity contribution < 1.29 is 212 Å². The molecule has 3 aromatic heterocycles. The first kappa shape index (κ1) is 93.3. The van der Waals surface area contributed by atoms with E-state index in [1.54, 1.807) is 0 Å². The Bertz CT molecular complexity index is 6210. The summed E-state index contributed by atoms with van der Waals surface area (Å²) in [4.78, 5) is 0. The fraction of sp³-hybridized carbons (Fsp3) is 0.0370. The lowest BCUT2D eigenvalue weighted by Crippen LogP contribution is -2.48. The number of hydrogen-bond acceptors (Lipinski definition) is 3. The van der Waals surface area contributed by atoms with Gasteiger partial charge in [0.1, 0.15) is 0 Å². The van der Waals surface area contributed by atoms with Crippen LogP contribution >= 0.6 is 0 Å². The summed E-state index contributed by atoms with van der Waals surface area (Å²) in [5.41, 5.74) is -60.1. The summed E-state index contributed by atoms with van der Waals surface area (Å²) in [5.74, 6) is -163. The van der Waals surface area contributed by atoms with Gasteiger partial charge < -0.3 is 14.3 Å². The van der Waals surface area contributed by atoms with Crippen LogP contribution in [0.15, 0.2) is 91.4 Å². The van der Waals surface area contributed by atoms with E-state index in [-0.39, 0.29) is 87.4 Å². The van der Waals surface area contributed by atoms with Gasteiger partial charge in [0.2, 0.25) is 52.4 Å². The first-order valence-electron chi connectivity index (χ1n) is 34.8. The van der Waals surface area contributed by atoms with E-state index < -0.39 is 385 Å². The molecule has 0 atom stereocenters. The molecule has 6 nitrogen and oxygen atoms in total. The van der Waals surface area contributed by atoms with Gasteiger partial charge in [-0.2, -0.15) is 0 Å². The molecule has 0 aliphatic heterocycles. The zero-order valence-electron chi connectivity index (χ0n) is 61.8. The summed E-state index contributed by atoms with van der Waals surface area (Å²) in [7, 11) is -3.83. The SMILES string of the molecule is Fc1c(F)c(F)c(C(c2ccc3ccn(OB(On4ccc5ccc(C(c6c(F)c(F)c(F)c(F)c6F)(c6c(F)c(F)c(F)c(F)c6F)c6c(F)c(F)c(F)c(F)c6F)cc54)On4ccc5ccc(C(c6c(F)c(F)c(F)c(F)c6F)(c6c(F)c(F)c(F)c(F)c6F)c6c(F)c(F)c(F)c(F)c6F)cc54)c3c2)(c2c(F)c(F)c(F)c(F)c2F)c2c(F)c(F)c(F)c(F)c2F)c(F)c1F. The fourth-order valence-corrected chi connectivity index (χ4v) is 15.5. The van der Waals surface area contributed by atoms with Gasteiger partial charge in [-0.15, -0.1) is 0 Å². The van der Waals surface area contributed by atoms with Gasteiger partial charge in [-0.3, -0.25) is 0 Å². The molecule has 15 rings (SSSR count). The van der Waals surface area contributed by atoms with Crippen LogP contribution in [0.4, 0.5) is 198 Å². The highest BCUT2D eigenvalue weighted by atomic mass is 19.2. The minimum absolute atomic E-state index is 0.0970. The molecule has 0 aliphatic carbocycles. The van der Waals surface area contributed by atoms with Crippen LogP contribution in [0.1, 0.15) is 66.8 Å². The molecule has 0 fully saturated rings. The van der Waals surface area contributed by atoms with Gasteiger partial charge in [0.15, 0.2) is 209 Å². The van der Waals surface area contributed by atoms with Crippen molar-refractivity contribution in [2.45, 2.75) is 16.2 Å². The second-order valence-corrected chi connectivity index (χ2v) is 27.6. The second kappa shape index (κ2) is 32.3. The summed E-state index contributed by atoms with van der Waals surface area (Å²) in [6, 6.07) is -0.260. The van der Waals surface area contributed by atoms with Gasteiger partial charge in [-0.25, -0.2) is 212 Å². The number of aromatic nitrogens is 3. The Morgan fingerprint density at radius 1 is 0.150 bits per heavy atom. The number of nitrogens with zero attached hydrogens (tertiary/aromatic N) is 3. The van der Waals surface area contributed by atoms with Crippen LogP contribution in [0.3, 0.4) is 0 Å². The molecule has 12 aromatic carbocycles. The van der Waals surface area contributed by atoms with Crippen molar-refractivity contribution in [2.24, 2.45) is 0 Å². The Hall–Kier alpha value is -14.4. The topological polar surface area (TPSA) is 42.5 Å². The second-order valence-electron chi connectivity index (χ2n) is 27.6. The zero-order chi connectivity index (χ0) is 97.9. The number of halogens is 45. The molecule has 0 saturated heterocycles. The maximum Gasteiger partial charge on any atom is 0.926 e. The van der Waals surface area contributed by atoms with Crippen molar-refractivity contribution in [3.05, 3.63) is 420 Å². The molecule has 0 amide bonds. The van der Waals surface area contributed by atoms with Crippen molar-refractivity contribution in [1.82, 2.24) is 14.2 Å². The molecule has 0 bridgehead atoms. The largest absolute Gasteiger partial charge is 0.926 e. The van der Waals surface area contributed by atoms with Crippen LogP contribution in [0, 0.1) is 262 Å². The number of rotatable bonds is 18. The predicted molar refractivity (Wildman–Crippen MR) is 354 cm³/mol. The van der Waals surface area contributed by atoms with Gasteiger partial charge in [0.05, 0.1) is 32.8 Å². The summed E-state index contributed by atoms with van der Waals surface area (Å²) < 4.78 is 746. The van der Waals surface area contributed by atoms with Gasteiger partial charge in [0, 0.05) is 84.8 Å². The van der Waals surface area contributed by atoms with E-state index in [2.05, 4.69) is 0 Å². The zero-order valence-corrected chi connectivity index (χ0v) is 61.8. The highest BCUT2D eigenvalue weighted by Crippen LogP contribution is 2.59. The van der Waals surface area contributed by atoms with E-state index in [1.807, 2.05) is 0 Å². The number of benzene rings is 12. The third-order valence-corrected chi connectivity index (χ3v) is 21.1. The van der Waals surface area contributed by atoms with E-state index in [9.17, 15) is 0 Å². The third-order valence-electron chi connectivity index (χ3n) is 21.1. The van der Waals surface area contributed by atoms with Gasteiger partial charge >= 0.3 is 7.32 Å². The minimum Gasteiger partial charge on any atom is -0.396 e. The van der Waals surface area contributed by atoms with Crippen molar-refractivity contribution in [3.8, 4) is 0 Å². The minimum atomic E-state index is -5.71. The molecule has 0 aliphatic rings. The van der Waals surface area contributed by atoms with E-state index in [0.717, 1.165) is 0 Å². The molecule has 0 spiro atoms. The Morgan fingerprint density at radius 2 is 0.263 bits per heavy atom. The highest BCUT2D eigenvalue weighted by Gasteiger charge is 2.60. The summed E-state index contributed by atoms with van der Waals surface area (Å²) >= 11 is 0. The van der Waals surface area contributed by atoms with Crippen LogP contribution in [0.2, 0.25) is 0 Å². The normalized spacial score (nSPS) is 12.2. The van der Waals surface area contributed by atoms with Crippen molar-refractivity contribution in [2.75, 3.05) is 0 Å². The smallest absolute Gasteiger partial charge is 0.396 e. The number of fused-ring (bicyclic) bond motifs is 3. The van der Waals surface area contributed by atoms with Crippen molar-refractivity contribution in [1.29, 1.82) is 0 Å². The first-order valence-corrected chi connectivity index (χ1v) is 34.8. The first-order chi connectivity index (χ1) is 62.2. The van der Waals surface area contributed by atoms with Crippen LogP contribution in [-0.2, 0) is 16.2 Å². The quantitative estimate of drug-likeness (QED) is 0.0283. The molecule has 133 heavy (non-hydrogen) atoms. The maximum absolute atomic E-state index is 17.1. The van der Waals surface area contributed by atoms with E-state index in [0.29, 0.717) is 18.2 Å². The summed E-state index contributed by atoms with van der Waals surface area (Å²) in [5, 5.41) is -3.02. The molecule has 690 valence electrons. The molecule has 0 unspecified atom stereocenters. The molecule has 0 N–H and O–H groups in total.